The van der Waals surface area contributed by atoms with E-state index in [1.165, 1.54) is 0 Å². The fourth-order valence-corrected chi connectivity index (χ4v) is 2.61. The Kier molecular flexibility index (Phi) is 6.71. The third kappa shape index (κ3) is 6.04. The largest absolute Gasteiger partial charge is 0.368 e. The Labute approximate surface area is 153 Å². The van der Waals surface area contributed by atoms with Gasteiger partial charge in [-0.2, -0.15) is 0 Å². The van der Waals surface area contributed by atoms with Crippen LogP contribution in [0.5, 0.6) is 0 Å². The zero-order valence-electron chi connectivity index (χ0n) is 13.4. The average Bonchev–Trinajstić information content (AvgIpc) is 2.60. The summed E-state index contributed by atoms with van der Waals surface area (Å²) >= 11 is 3.28. The van der Waals surface area contributed by atoms with Crippen molar-refractivity contribution in [2.75, 3.05) is 6.54 Å². The lowest BCUT2D eigenvalue weighted by molar-refractivity contribution is -0.126. The number of benzene rings is 2. The van der Waals surface area contributed by atoms with E-state index >= 15 is 0 Å². The lowest BCUT2D eigenvalue weighted by Crippen LogP contribution is -2.49. The van der Waals surface area contributed by atoms with Crippen LogP contribution in [0.1, 0.15) is 15.9 Å². The van der Waals surface area contributed by atoms with Crippen molar-refractivity contribution in [2.45, 2.75) is 12.5 Å². The molecule has 0 aromatic heterocycles. The number of nitrogens with two attached hydrogens (primary N) is 1. The minimum absolute atomic E-state index is 0.246. The smallest absolute Gasteiger partial charge is 0.251 e. The summed E-state index contributed by atoms with van der Waals surface area (Å²) in [6.07, 6.45) is 0.293. The molecule has 4 N–H and O–H groups in total. The molecule has 0 aliphatic rings. The Morgan fingerprint density at radius 1 is 1.04 bits per heavy atom. The van der Waals surface area contributed by atoms with Gasteiger partial charge in [0.15, 0.2) is 0 Å². The van der Waals surface area contributed by atoms with E-state index in [4.69, 9.17) is 5.73 Å². The molecule has 0 saturated carbocycles. The summed E-state index contributed by atoms with van der Waals surface area (Å²) in [5.74, 6) is -1.49. The van der Waals surface area contributed by atoms with Crippen molar-refractivity contribution in [1.29, 1.82) is 0 Å². The lowest BCUT2D eigenvalue weighted by Gasteiger charge is -2.16. The molecule has 0 aliphatic carbocycles. The summed E-state index contributed by atoms with van der Waals surface area (Å²) < 4.78 is 0.765. The molecule has 0 radical (unpaired) electrons. The zero-order chi connectivity index (χ0) is 18.2. The van der Waals surface area contributed by atoms with E-state index in [9.17, 15) is 14.4 Å². The molecule has 0 saturated heterocycles. The number of hydrogen-bond donors (Lipinski definition) is 3. The Bertz CT molecular complexity index is 765. The Morgan fingerprint density at radius 2 is 1.76 bits per heavy atom. The van der Waals surface area contributed by atoms with Gasteiger partial charge in [-0.15, -0.1) is 0 Å². The van der Waals surface area contributed by atoms with Gasteiger partial charge in [-0.05, 0) is 23.8 Å². The van der Waals surface area contributed by atoms with Gasteiger partial charge >= 0.3 is 0 Å². The van der Waals surface area contributed by atoms with Crippen LogP contribution in [0.25, 0.3) is 0 Å². The first-order chi connectivity index (χ1) is 12.0. The van der Waals surface area contributed by atoms with Crippen LogP contribution in [0.2, 0.25) is 0 Å². The third-order valence-electron chi connectivity index (χ3n) is 3.46. The predicted molar refractivity (Wildman–Crippen MR) is 97.7 cm³/mol. The zero-order valence-corrected chi connectivity index (χ0v) is 15.0. The Balaban J connectivity index is 1.88. The van der Waals surface area contributed by atoms with Gasteiger partial charge in [0.25, 0.3) is 5.91 Å². The maximum atomic E-state index is 12.0. The summed E-state index contributed by atoms with van der Waals surface area (Å²) in [6.45, 7) is -0.246. The summed E-state index contributed by atoms with van der Waals surface area (Å²) in [7, 11) is 0. The van der Waals surface area contributed by atoms with E-state index in [1.807, 2.05) is 30.3 Å². The SMILES string of the molecule is NC(=O)[C@H](Cc1ccccc1)NC(=O)CNC(=O)c1cccc(Br)c1. The van der Waals surface area contributed by atoms with Crippen LogP contribution in [-0.2, 0) is 16.0 Å². The maximum Gasteiger partial charge on any atom is 0.251 e. The van der Waals surface area contributed by atoms with Crippen LogP contribution < -0.4 is 16.4 Å². The van der Waals surface area contributed by atoms with Crippen LogP contribution in [0, 0.1) is 0 Å². The van der Waals surface area contributed by atoms with E-state index in [2.05, 4.69) is 26.6 Å². The summed E-state index contributed by atoms with van der Waals surface area (Å²) in [5, 5.41) is 5.06. The molecule has 0 fully saturated rings. The summed E-state index contributed by atoms with van der Waals surface area (Å²) in [6, 6.07) is 15.2. The van der Waals surface area contributed by atoms with Crippen molar-refractivity contribution in [3.05, 3.63) is 70.2 Å². The molecule has 6 nitrogen and oxygen atoms in total. The number of halogens is 1. The second-order valence-corrected chi connectivity index (χ2v) is 6.32. The molecule has 130 valence electrons. The van der Waals surface area contributed by atoms with Gasteiger partial charge in [0.2, 0.25) is 11.8 Å². The molecule has 1 atom stereocenters. The Morgan fingerprint density at radius 3 is 2.40 bits per heavy atom. The maximum absolute atomic E-state index is 12.0. The molecule has 2 aromatic rings. The van der Waals surface area contributed by atoms with Crippen LogP contribution in [-0.4, -0.2) is 30.3 Å². The summed E-state index contributed by atoms with van der Waals surface area (Å²) in [4.78, 5) is 35.6. The van der Waals surface area contributed by atoms with Crippen LogP contribution in [0.4, 0.5) is 0 Å². The number of primary amides is 1. The molecular formula is C18H18BrN3O3. The van der Waals surface area contributed by atoms with Gasteiger partial charge in [-0.25, -0.2) is 0 Å². The van der Waals surface area contributed by atoms with Crippen molar-refractivity contribution in [3.8, 4) is 0 Å². The standard InChI is InChI=1S/C18H18BrN3O3/c19-14-8-4-7-13(10-14)18(25)21-11-16(23)22-15(17(20)24)9-12-5-2-1-3-6-12/h1-8,10,15H,9,11H2,(H2,20,24)(H,21,25)(H,22,23)/t15-/m0/s1. The first-order valence-corrected chi connectivity index (χ1v) is 8.41. The average molecular weight is 404 g/mol. The highest BCUT2D eigenvalue weighted by Gasteiger charge is 2.19. The normalized spacial score (nSPS) is 11.4. The fraction of sp³-hybridized carbons (Fsp3) is 0.167. The highest BCUT2D eigenvalue weighted by molar-refractivity contribution is 9.10. The molecule has 7 heteroatoms. The van der Waals surface area contributed by atoms with Gasteiger partial charge in [-0.3, -0.25) is 14.4 Å². The molecule has 2 rings (SSSR count). The van der Waals surface area contributed by atoms with Gasteiger partial charge in [-0.1, -0.05) is 52.3 Å². The fourth-order valence-electron chi connectivity index (χ4n) is 2.21. The predicted octanol–water partition coefficient (Wildman–Crippen LogP) is 1.39. The third-order valence-corrected chi connectivity index (χ3v) is 3.95. The first-order valence-electron chi connectivity index (χ1n) is 7.62. The topological polar surface area (TPSA) is 101 Å². The minimum atomic E-state index is -0.835. The number of rotatable bonds is 7. The molecule has 0 heterocycles. The molecule has 25 heavy (non-hydrogen) atoms. The highest BCUT2D eigenvalue weighted by Crippen LogP contribution is 2.11. The van der Waals surface area contributed by atoms with E-state index in [1.54, 1.807) is 24.3 Å². The number of carbonyl (C=O) groups is 3. The van der Waals surface area contributed by atoms with Crippen molar-refractivity contribution < 1.29 is 14.4 Å². The van der Waals surface area contributed by atoms with Crippen molar-refractivity contribution >= 4 is 33.7 Å². The van der Waals surface area contributed by atoms with E-state index in [0.29, 0.717) is 12.0 Å². The van der Waals surface area contributed by atoms with Gasteiger partial charge in [0.05, 0.1) is 6.54 Å². The molecule has 2 aromatic carbocycles. The van der Waals surface area contributed by atoms with Gasteiger partial charge in [0.1, 0.15) is 6.04 Å². The first kappa shape index (κ1) is 18.7. The minimum Gasteiger partial charge on any atom is -0.368 e. The van der Waals surface area contributed by atoms with Crippen molar-refractivity contribution in [2.24, 2.45) is 5.73 Å². The molecule has 3 amide bonds. The molecule has 0 spiro atoms. The molecular weight excluding hydrogens is 386 g/mol. The number of amides is 3. The van der Waals surface area contributed by atoms with E-state index < -0.39 is 17.9 Å². The number of hydrogen-bond acceptors (Lipinski definition) is 3. The molecule has 0 aliphatic heterocycles. The van der Waals surface area contributed by atoms with E-state index in [0.717, 1.165) is 10.0 Å². The van der Waals surface area contributed by atoms with Gasteiger partial charge < -0.3 is 16.4 Å². The van der Waals surface area contributed by atoms with Crippen LogP contribution >= 0.6 is 15.9 Å². The number of nitrogens with one attached hydrogen (secondary N) is 2. The second-order valence-electron chi connectivity index (χ2n) is 5.41. The second kappa shape index (κ2) is 8.98. The van der Waals surface area contributed by atoms with Crippen molar-refractivity contribution in [3.63, 3.8) is 0 Å². The summed E-state index contributed by atoms with van der Waals surface area (Å²) in [5.41, 5.74) is 6.66. The Hall–Kier alpha value is -2.67. The van der Waals surface area contributed by atoms with Gasteiger partial charge in [0, 0.05) is 16.5 Å². The quantitative estimate of drug-likeness (QED) is 0.650. The van der Waals surface area contributed by atoms with Crippen LogP contribution in [0.15, 0.2) is 59.1 Å². The van der Waals surface area contributed by atoms with E-state index in [-0.39, 0.29) is 12.5 Å². The monoisotopic (exact) mass is 403 g/mol. The number of carbonyl (C=O) groups excluding carboxylic acids is 3. The van der Waals surface area contributed by atoms with Crippen LogP contribution in [0.3, 0.4) is 0 Å². The molecule has 0 unspecified atom stereocenters. The highest BCUT2D eigenvalue weighted by atomic mass is 79.9. The molecule has 0 bridgehead atoms. The van der Waals surface area contributed by atoms with Crippen molar-refractivity contribution in [1.82, 2.24) is 10.6 Å². The lowest BCUT2D eigenvalue weighted by atomic mass is 10.1.